The van der Waals surface area contributed by atoms with Crippen LogP contribution in [0.5, 0.6) is 0 Å². The van der Waals surface area contributed by atoms with Gasteiger partial charge in [0.15, 0.2) is 0 Å². The van der Waals surface area contributed by atoms with Crippen molar-refractivity contribution < 1.29 is 18.3 Å². The van der Waals surface area contributed by atoms with E-state index in [2.05, 4.69) is 4.72 Å². The molecule has 0 aromatic carbocycles. The number of aliphatic carboxylic acids is 1. The summed E-state index contributed by atoms with van der Waals surface area (Å²) in [6.07, 6.45) is 2.50. The topological polar surface area (TPSA) is 90.0 Å². The van der Waals surface area contributed by atoms with Gasteiger partial charge in [0, 0.05) is 32.2 Å². The van der Waals surface area contributed by atoms with Gasteiger partial charge in [-0.2, -0.15) is 17.4 Å². The molecule has 8 heteroatoms. The number of rotatable bonds is 5. The van der Waals surface area contributed by atoms with Crippen LogP contribution in [0.2, 0.25) is 0 Å². The maximum Gasteiger partial charge on any atom is 0.317 e. The molecular weight excluding hydrogens is 258 g/mol. The maximum atomic E-state index is 12.0. The van der Waals surface area contributed by atoms with Gasteiger partial charge in [0.25, 0.3) is 10.2 Å². The van der Waals surface area contributed by atoms with Crippen molar-refractivity contribution in [2.24, 2.45) is 0 Å². The molecule has 0 bridgehead atoms. The minimum Gasteiger partial charge on any atom is -0.480 e. The van der Waals surface area contributed by atoms with Gasteiger partial charge in [-0.3, -0.25) is 9.69 Å². The van der Waals surface area contributed by atoms with Crippen LogP contribution in [0, 0.1) is 0 Å². The monoisotopic (exact) mass is 277 g/mol. The number of hydrogen-bond donors (Lipinski definition) is 2. The van der Waals surface area contributed by atoms with Gasteiger partial charge >= 0.3 is 5.97 Å². The minimum absolute atomic E-state index is 0.0239. The van der Waals surface area contributed by atoms with Gasteiger partial charge in [-0.15, -0.1) is 0 Å². The second-order valence-corrected chi connectivity index (χ2v) is 6.52. The summed E-state index contributed by atoms with van der Waals surface area (Å²) in [5, 5.41) is 8.72. The van der Waals surface area contributed by atoms with Gasteiger partial charge in [-0.1, -0.05) is 0 Å². The van der Waals surface area contributed by atoms with Crippen LogP contribution in [0.3, 0.4) is 0 Å². The Morgan fingerprint density at radius 1 is 1.22 bits per heavy atom. The van der Waals surface area contributed by atoms with E-state index in [0.717, 1.165) is 12.8 Å². The van der Waals surface area contributed by atoms with Crippen LogP contribution in [-0.2, 0) is 15.0 Å². The maximum absolute atomic E-state index is 12.0. The van der Waals surface area contributed by atoms with Crippen molar-refractivity contribution in [3.05, 3.63) is 0 Å². The Morgan fingerprint density at radius 3 is 2.56 bits per heavy atom. The highest BCUT2D eigenvalue weighted by Gasteiger charge is 2.32. The summed E-state index contributed by atoms with van der Waals surface area (Å²) in [6, 6.07) is 0.105. The fraction of sp³-hybridized carbons (Fsp3) is 0.900. The predicted molar refractivity (Wildman–Crippen MR) is 65.3 cm³/mol. The number of nitrogens with zero attached hydrogens (tertiary/aromatic N) is 2. The predicted octanol–water partition coefficient (Wildman–Crippen LogP) is -0.924. The molecule has 0 amide bonds. The van der Waals surface area contributed by atoms with Crippen LogP contribution < -0.4 is 4.72 Å². The van der Waals surface area contributed by atoms with Gasteiger partial charge in [0.2, 0.25) is 0 Å². The molecule has 1 aliphatic carbocycles. The Kier molecular flexibility index (Phi) is 4.21. The molecule has 2 fully saturated rings. The fourth-order valence-corrected chi connectivity index (χ4v) is 3.52. The van der Waals surface area contributed by atoms with Gasteiger partial charge in [0.1, 0.15) is 0 Å². The second kappa shape index (κ2) is 5.52. The minimum atomic E-state index is -3.39. The van der Waals surface area contributed by atoms with E-state index in [4.69, 9.17) is 5.11 Å². The molecule has 0 spiro atoms. The molecule has 0 radical (unpaired) electrons. The molecule has 1 saturated heterocycles. The first-order valence-electron chi connectivity index (χ1n) is 6.19. The molecule has 2 N–H and O–H groups in total. The van der Waals surface area contributed by atoms with E-state index in [9.17, 15) is 13.2 Å². The van der Waals surface area contributed by atoms with E-state index in [1.54, 1.807) is 4.90 Å². The van der Waals surface area contributed by atoms with Crippen LogP contribution in [0.25, 0.3) is 0 Å². The molecule has 1 saturated carbocycles. The number of carboxylic acid groups (broad SMARTS) is 1. The summed E-state index contributed by atoms with van der Waals surface area (Å²) in [5.41, 5.74) is 0. The van der Waals surface area contributed by atoms with Crippen molar-refractivity contribution in [2.45, 2.75) is 25.3 Å². The first-order chi connectivity index (χ1) is 8.47. The number of hydrogen-bond acceptors (Lipinski definition) is 4. The van der Waals surface area contributed by atoms with Crippen molar-refractivity contribution in [1.29, 1.82) is 0 Å². The van der Waals surface area contributed by atoms with E-state index in [-0.39, 0.29) is 12.6 Å². The Labute approximate surface area is 107 Å². The summed E-state index contributed by atoms with van der Waals surface area (Å²) < 4.78 is 28.1. The van der Waals surface area contributed by atoms with E-state index >= 15 is 0 Å². The first-order valence-corrected chi connectivity index (χ1v) is 7.63. The molecule has 2 rings (SSSR count). The Bertz CT molecular complexity index is 407. The lowest BCUT2D eigenvalue weighted by Gasteiger charge is -2.20. The lowest BCUT2D eigenvalue weighted by molar-refractivity contribution is -0.138. The van der Waals surface area contributed by atoms with Crippen LogP contribution in [-0.4, -0.2) is 67.5 Å². The zero-order valence-electron chi connectivity index (χ0n) is 10.2. The second-order valence-electron chi connectivity index (χ2n) is 4.82. The smallest absolute Gasteiger partial charge is 0.317 e. The van der Waals surface area contributed by atoms with Gasteiger partial charge < -0.3 is 5.11 Å². The summed E-state index contributed by atoms with van der Waals surface area (Å²) >= 11 is 0. The van der Waals surface area contributed by atoms with E-state index in [1.165, 1.54) is 4.31 Å². The first kappa shape index (κ1) is 13.7. The van der Waals surface area contributed by atoms with E-state index in [1.807, 2.05) is 0 Å². The molecule has 1 heterocycles. The van der Waals surface area contributed by atoms with E-state index < -0.39 is 16.2 Å². The highest BCUT2D eigenvalue weighted by atomic mass is 32.2. The number of carboxylic acids is 1. The van der Waals surface area contributed by atoms with Crippen molar-refractivity contribution in [3.8, 4) is 0 Å². The molecular formula is C10H19N3O4S. The molecule has 0 atom stereocenters. The quantitative estimate of drug-likeness (QED) is 0.678. The molecule has 0 aromatic rings. The Balaban J connectivity index is 1.89. The molecule has 0 unspecified atom stereocenters. The van der Waals surface area contributed by atoms with Crippen LogP contribution >= 0.6 is 0 Å². The van der Waals surface area contributed by atoms with Crippen molar-refractivity contribution in [2.75, 3.05) is 32.7 Å². The largest absolute Gasteiger partial charge is 0.480 e. The number of nitrogens with one attached hydrogen (secondary N) is 1. The Hall–Kier alpha value is -0.700. The molecule has 0 aromatic heterocycles. The van der Waals surface area contributed by atoms with Crippen molar-refractivity contribution in [1.82, 2.24) is 13.9 Å². The average Bonchev–Trinajstić information content (AvgIpc) is 3.04. The fourth-order valence-electron chi connectivity index (χ4n) is 2.02. The highest BCUT2D eigenvalue weighted by Crippen LogP contribution is 2.21. The number of carbonyl (C=O) groups is 1. The van der Waals surface area contributed by atoms with Crippen LogP contribution in [0.1, 0.15) is 19.3 Å². The zero-order chi connectivity index (χ0) is 13.2. The SMILES string of the molecule is O=C(O)CN1CCCN(S(=O)(=O)NC2CC2)CC1. The van der Waals surface area contributed by atoms with Crippen LogP contribution in [0.4, 0.5) is 0 Å². The summed E-state index contributed by atoms with van der Waals surface area (Å²) in [5.74, 6) is -0.873. The Morgan fingerprint density at radius 2 is 1.94 bits per heavy atom. The molecule has 7 nitrogen and oxygen atoms in total. The van der Waals surface area contributed by atoms with Gasteiger partial charge in [0.05, 0.1) is 6.54 Å². The van der Waals surface area contributed by atoms with E-state index in [0.29, 0.717) is 32.6 Å². The third-order valence-electron chi connectivity index (χ3n) is 3.14. The lowest BCUT2D eigenvalue weighted by Crippen LogP contribution is -2.43. The third kappa shape index (κ3) is 3.91. The standard InChI is InChI=1S/C10H19N3O4S/c14-10(15)8-12-4-1-5-13(7-6-12)18(16,17)11-9-2-3-9/h9,11H,1-8H2,(H,14,15). The molecule has 2 aliphatic rings. The van der Waals surface area contributed by atoms with Crippen molar-refractivity contribution >= 4 is 16.2 Å². The normalized spacial score (nSPS) is 23.8. The molecule has 1 aliphatic heterocycles. The zero-order valence-corrected chi connectivity index (χ0v) is 11.0. The third-order valence-corrected chi connectivity index (χ3v) is 4.82. The summed E-state index contributed by atoms with van der Waals surface area (Å²) in [7, 11) is -3.39. The summed E-state index contributed by atoms with van der Waals surface area (Å²) in [6.45, 7) is 1.89. The van der Waals surface area contributed by atoms with Gasteiger partial charge in [-0.25, -0.2) is 0 Å². The molecule has 18 heavy (non-hydrogen) atoms. The van der Waals surface area contributed by atoms with Crippen molar-refractivity contribution in [3.63, 3.8) is 0 Å². The highest BCUT2D eigenvalue weighted by molar-refractivity contribution is 7.87. The molecule has 104 valence electrons. The van der Waals surface area contributed by atoms with Gasteiger partial charge in [-0.05, 0) is 19.3 Å². The summed E-state index contributed by atoms with van der Waals surface area (Å²) in [4.78, 5) is 12.4. The average molecular weight is 277 g/mol. The van der Waals surface area contributed by atoms with Crippen LogP contribution in [0.15, 0.2) is 0 Å². The lowest BCUT2D eigenvalue weighted by atomic mass is 10.4.